The fourth-order valence-corrected chi connectivity index (χ4v) is 5.25. The van der Waals surface area contributed by atoms with Gasteiger partial charge in [-0.25, -0.2) is 0 Å². The van der Waals surface area contributed by atoms with Crippen molar-refractivity contribution in [1.82, 2.24) is 0 Å². The Bertz CT molecular complexity index is 1270. The third-order valence-electron chi connectivity index (χ3n) is 6.42. The highest BCUT2D eigenvalue weighted by Gasteiger charge is 2.33. The number of thioether (sulfide) groups is 1. The molecule has 4 nitrogen and oxygen atoms in total. The molecule has 0 radical (unpaired) electrons. The van der Waals surface area contributed by atoms with Gasteiger partial charge in [0, 0.05) is 10.6 Å². The van der Waals surface area contributed by atoms with Crippen molar-refractivity contribution in [1.29, 1.82) is 0 Å². The van der Waals surface area contributed by atoms with Crippen molar-refractivity contribution in [2.75, 3.05) is 12.4 Å². The summed E-state index contributed by atoms with van der Waals surface area (Å²) in [6, 6.07) is 41.0. The van der Waals surface area contributed by atoms with E-state index in [2.05, 4.69) is 66.7 Å². The molecule has 1 aliphatic heterocycles. The lowest BCUT2D eigenvalue weighted by Crippen LogP contribution is -2.43. The highest BCUT2D eigenvalue weighted by molar-refractivity contribution is 7.99. The molecule has 0 amide bonds. The van der Waals surface area contributed by atoms with E-state index < -0.39 is 6.29 Å². The van der Waals surface area contributed by atoms with Crippen molar-refractivity contribution in [3.8, 4) is 0 Å². The molecule has 5 rings (SSSR count). The molecule has 0 unspecified atom stereocenters. The normalized spacial score (nSPS) is 19.0. The van der Waals surface area contributed by atoms with E-state index in [1.165, 1.54) is 4.90 Å². The molecule has 4 aromatic carbocycles. The topological polar surface area (TPSA) is 36.9 Å². The molecule has 0 N–H and O–H groups in total. The van der Waals surface area contributed by atoms with Gasteiger partial charge in [-0.15, -0.1) is 11.8 Å². The second kappa shape index (κ2) is 14.8. The SMILES string of the molecule is C1=C(CSc2ccccc2)[C@H](OCc2ccccc2)O[C@H](COCc2ccccc2)[C@@H]1OCc1ccccc1. The molecule has 1 aliphatic rings. The minimum Gasteiger partial charge on any atom is -0.374 e. The summed E-state index contributed by atoms with van der Waals surface area (Å²) < 4.78 is 25.5. The predicted octanol–water partition coefficient (Wildman–Crippen LogP) is 7.45. The van der Waals surface area contributed by atoms with E-state index in [-0.39, 0.29) is 12.2 Å². The van der Waals surface area contributed by atoms with E-state index in [1.54, 1.807) is 11.8 Å². The minimum absolute atomic E-state index is 0.260. The van der Waals surface area contributed by atoms with Crippen LogP contribution in [0.4, 0.5) is 0 Å². The Morgan fingerprint density at radius 3 is 1.69 bits per heavy atom. The van der Waals surface area contributed by atoms with Crippen molar-refractivity contribution in [2.24, 2.45) is 0 Å². The molecule has 3 atom stereocenters. The molecule has 0 aliphatic carbocycles. The van der Waals surface area contributed by atoms with Gasteiger partial charge in [0.15, 0.2) is 6.29 Å². The quantitative estimate of drug-likeness (QED) is 0.131. The zero-order chi connectivity index (χ0) is 26.5. The summed E-state index contributed by atoms with van der Waals surface area (Å²) in [6.07, 6.45) is 1.14. The van der Waals surface area contributed by atoms with Crippen LogP contribution in [-0.4, -0.2) is 30.9 Å². The molecule has 0 saturated carbocycles. The highest BCUT2D eigenvalue weighted by atomic mass is 32.2. The molecule has 0 fully saturated rings. The molecule has 4 aromatic rings. The van der Waals surface area contributed by atoms with Gasteiger partial charge in [0.1, 0.15) is 12.2 Å². The first-order chi connectivity index (χ1) is 19.3. The van der Waals surface area contributed by atoms with Crippen LogP contribution in [0, 0.1) is 0 Å². The maximum absolute atomic E-state index is 6.59. The summed E-state index contributed by atoms with van der Waals surface area (Å²) in [6.45, 7) is 1.87. The summed E-state index contributed by atoms with van der Waals surface area (Å²) in [5.41, 5.74) is 4.42. The fourth-order valence-electron chi connectivity index (χ4n) is 4.34. The van der Waals surface area contributed by atoms with Gasteiger partial charge in [0.25, 0.3) is 0 Å². The molecule has 5 heteroatoms. The Balaban J connectivity index is 1.32. The summed E-state index contributed by atoms with van der Waals surface area (Å²) in [4.78, 5) is 1.20. The van der Waals surface area contributed by atoms with E-state index in [4.69, 9.17) is 18.9 Å². The van der Waals surface area contributed by atoms with Gasteiger partial charge in [-0.2, -0.15) is 0 Å². The smallest absolute Gasteiger partial charge is 0.181 e. The fraction of sp³-hybridized carbons (Fsp3) is 0.235. The van der Waals surface area contributed by atoms with Crippen molar-refractivity contribution in [2.45, 2.75) is 43.2 Å². The van der Waals surface area contributed by atoms with Crippen LogP contribution in [0.25, 0.3) is 0 Å². The summed E-state index contributed by atoms with van der Waals surface area (Å²) >= 11 is 1.77. The Morgan fingerprint density at radius 1 is 0.590 bits per heavy atom. The first kappa shape index (κ1) is 27.4. The standard InChI is InChI=1S/C34H34O4S/c1-5-13-27(14-6-1)22-35-25-33-32(36-23-28-15-7-2-8-16-28)21-30(26-39-31-19-11-4-12-20-31)34(38-33)37-24-29-17-9-3-10-18-29/h1-21,32-34H,22-26H2/t32-,33-,34-/m1/s1. The molecule has 0 spiro atoms. The molecule has 0 aromatic heterocycles. The third-order valence-corrected chi connectivity index (χ3v) is 7.50. The second-order valence-corrected chi connectivity index (χ2v) is 10.5. The second-order valence-electron chi connectivity index (χ2n) is 9.41. The predicted molar refractivity (Wildman–Crippen MR) is 156 cm³/mol. The lowest BCUT2D eigenvalue weighted by molar-refractivity contribution is -0.204. The first-order valence-electron chi connectivity index (χ1n) is 13.3. The minimum atomic E-state index is -0.483. The molecule has 39 heavy (non-hydrogen) atoms. The highest BCUT2D eigenvalue weighted by Crippen LogP contribution is 2.30. The van der Waals surface area contributed by atoms with E-state index in [0.29, 0.717) is 26.4 Å². The van der Waals surface area contributed by atoms with Crippen molar-refractivity contribution in [3.05, 3.63) is 150 Å². The molecular formula is C34H34O4S. The number of ether oxygens (including phenoxy) is 4. The largest absolute Gasteiger partial charge is 0.374 e. The van der Waals surface area contributed by atoms with Gasteiger partial charge in [-0.1, -0.05) is 109 Å². The summed E-state index contributed by atoms with van der Waals surface area (Å²) in [7, 11) is 0. The monoisotopic (exact) mass is 538 g/mol. The average molecular weight is 539 g/mol. The van der Waals surface area contributed by atoms with Crippen LogP contribution >= 0.6 is 11.8 Å². The van der Waals surface area contributed by atoms with Crippen LogP contribution in [0.3, 0.4) is 0 Å². The van der Waals surface area contributed by atoms with Crippen molar-refractivity contribution < 1.29 is 18.9 Å². The molecule has 0 bridgehead atoms. The van der Waals surface area contributed by atoms with Crippen LogP contribution < -0.4 is 0 Å². The van der Waals surface area contributed by atoms with E-state index in [1.807, 2.05) is 60.7 Å². The third kappa shape index (κ3) is 8.65. The van der Waals surface area contributed by atoms with Crippen LogP contribution in [0.15, 0.2) is 138 Å². The zero-order valence-corrected chi connectivity index (χ0v) is 22.7. The van der Waals surface area contributed by atoms with E-state index >= 15 is 0 Å². The maximum atomic E-state index is 6.59. The summed E-state index contributed by atoms with van der Waals surface area (Å²) in [5, 5.41) is 0. The van der Waals surface area contributed by atoms with Gasteiger partial charge in [0.05, 0.1) is 26.4 Å². The van der Waals surface area contributed by atoms with Gasteiger partial charge in [-0.05, 0) is 40.5 Å². The summed E-state index contributed by atoms with van der Waals surface area (Å²) in [5.74, 6) is 0.742. The van der Waals surface area contributed by atoms with E-state index in [9.17, 15) is 0 Å². The van der Waals surface area contributed by atoms with Gasteiger partial charge in [-0.3, -0.25) is 0 Å². The van der Waals surface area contributed by atoms with Crippen LogP contribution in [0.5, 0.6) is 0 Å². The molecule has 0 saturated heterocycles. The van der Waals surface area contributed by atoms with Crippen molar-refractivity contribution in [3.63, 3.8) is 0 Å². The van der Waals surface area contributed by atoms with Gasteiger partial charge >= 0.3 is 0 Å². The lowest BCUT2D eigenvalue weighted by Gasteiger charge is -2.35. The number of benzene rings is 4. The van der Waals surface area contributed by atoms with E-state index in [0.717, 1.165) is 28.0 Å². The number of hydrogen-bond donors (Lipinski definition) is 0. The molecule has 200 valence electrons. The van der Waals surface area contributed by atoms with Gasteiger partial charge in [0.2, 0.25) is 0 Å². The first-order valence-corrected chi connectivity index (χ1v) is 14.3. The Labute approximate surface area is 235 Å². The maximum Gasteiger partial charge on any atom is 0.181 e. The van der Waals surface area contributed by atoms with Crippen LogP contribution in [0.2, 0.25) is 0 Å². The Hall–Kier alpha value is -3.19. The number of hydrogen-bond acceptors (Lipinski definition) is 5. The van der Waals surface area contributed by atoms with Crippen molar-refractivity contribution >= 4 is 11.8 Å². The zero-order valence-electron chi connectivity index (χ0n) is 21.9. The van der Waals surface area contributed by atoms with Crippen LogP contribution in [-0.2, 0) is 38.8 Å². The lowest BCUT2D eigenvalue weighted by atomic mass is 10.1. The average Bonchev–Trinajstić information content (AvgIpc) is 3.00. The Kier molecular flexibility index (Phi) is 10.4. The van der Waals surface area contributed by atoms with Gasteiger partial charge < -0.3 is 18.9 Å². The molecule has 1 heterocycles. The van der Waals surface area contributed by atoms with Crippen LogP contribution in [0.1, 0.15) is 16.7 Å². The number of rotatable bonds is 13. The Morgan fingerprint density at radius 2 is 1.10 bits per heavy atom. The molecular weight excluding hydrogens is 504 g/mol.